The molecule has 9 nitrogen and oxygen atoms in total. The average molecular weight is 336 g/mol. The highest BCUT2D eigenvalue weighted by Gasteiger charge is 2.29. The minimum absolute atomic E-state index is 0.0488. The summed E-state index contributed by atoms with van der Waals surface area (Å²) in [7, 11) is 0. The fourth-order valence-electron chi connectivity index (χ4n) is 1.81. The molecule has 9 heteroatoms. The van der Waals surface area contributed by atoms with Crippen LogP contribution in [0.3, 0.4) is 0 Å². The second kappa shape index (κ2) is 11.2. The van der Waals surface area contributed by atoms with Crippen molar-refractivity contribution in [1.82, 2.24) is 0 Å². The van der Waals surface area contributed by atoms with E-state index in [0.717, 1.165) is 0 Å². The summed E-state index contributed by atoms with van der Waals surface area (Å²) in [4.78, 5) is 22.2. The van der Waals surface area contributed by atoms with Crippen molar-refractivity contribution in [1.29, 1.82) is 0 Å². The van der Waals surface area contributed by atoms with Gasteiger partial charge in [0, 0.05) is 19.3 Å². The van der Waals surface area contributed by atoms with Crippen molar-refractivity contribution in [3.8, 4) is 0 Å². The molecule has 1 heterocycles. The smallest absolute Gasteiger partial charge is 0.434 e. The SMILES string of the molecule is CCCC(=O)OCOC(=O)OCCCOC1OCC(O)CC1O. The second-order valence-corrected chi connectivity index (χ2v) is 5.01. The van der Waals surface area contributed by atoms with Gasteiger partial charge in [0.1, 0.15) is 6.10 Å². The van der Waals surface area contributed by atoms with Crippen LogP contribution in [0.15, 0.2) is 0 Å². The minimum Gasteiger partial charge on any atom is -0.434 e. The summed E-state index contributed by atoms with van der Waals surface area (Å²) in [6.07, 6.45) is -1.81. The van der Waals surface area contributed by atoms with Crippen LogP contribution in [0.25, 0.3) is 0 Å². The zero-order valence-electron chi connectivity index (χ0n) is 13.1. The first-order valence-corrected chi connectivity index (χ1v) is 7.57. The van der Waals surface area contributed by atoms with Gasteiger partial charge < -0.3 is 33.9 Å². The van der Waals surface area contributed by atoms with Crippen LogP contribution in [-0.2, 0) is 28.5 Å². The van der Waals surface area contributed by atoms with Crippen LogP contribution in [0.1, 0.15) is 32.6 Å². The zero-order chi connectivity index (χ0) is 17.1. The summed E-state index contributed by atoms with van der Waals surface area (Å²) in [5.41, 5.74) is 0. The number of ether oxygens (including phenoxy) is 5. The van der Waals surface area contributed by atoms with Crippen LogP contribution in [0.4, 0.5) is 4.79 Å². The largest absolute Gasteiger partial charge is 0.511 e. The van der Waals surface area contributed by atoms with Gasteiger partial charge in [-0.05, 0) is 6.42 Å². The van der Waals surface area contributed by atoms with Crippen LogP contribution in [0, 0.1) is 0 Å². The van der Waals surface area contributed by atoms with Gasteiger partial charge in [-0.2, -0.15) is 0 Å². The molecule has 3 unspecified atom stereocenters. The van der Waals surface area contributed by atoms with E-state index in [0.29, 0.717) is 12.8 Å². The van der Waals surface area contributed by atoms with Crippen molar-refractivity contribution in [2.75, 3.05) is 26.6 Å². The van der Waals surface area contributed by atoms with E-state index in [2.05, 4.69) is 9.47 Å². The van der Waals surface area contributed by atoms with Gasteiger partial charge in [-0.1, -0.05) is 6.92 Å². The number of carbonyl (C=O) groups excluding carboxylic acids is 2. The third kappa shape index (κ3) is 8.70. The first-order valence-electron chi connectivity index (χ1n) is 7.57. The fourth-order valence-corrected chi connectivity index (χ4v) is 1.81. The molecule has 134 valence electrons. The average Bonchev–Trinajstić information content (AvgIpc) is 2.49. The third-order valence-corrected chi connectivity index (χ3v) is 2.92. The Morgan fingerprint density at radius 1 is 1.17 bits per heavy atom. The molecule has 1 aliphatic heterocycles. The monoisotopic (exact) mass is 336 g/mol. The highest BCUT2D eigenvalue weighted by molar-refractivity contribution is 5.69. The minimum atomic E-state index is -0.939. The molecule has 3 atom stereocenters. The van der Waals surface area contributed by atoms with Gasteiger partial charge in [-0.3, -0.25) is 4.79 Å². The maximum atomic E-state index is 11.2. The molecule has 1 fully saturated rings. The molecule has 0 aromatic heterocycles. The standard InChI is InChI=1S/C14H24O9/c1-2-4-12(17)22-9-23-14(18)20-6-3-5-19-13-11(16)7-10(15)8-21-13/h10-11,13,15-16H,2-9H2,1H3. The Balaban J connectivity index is 1.98. The van der Waals surface area contributed by atoms with Gasteiger partial charge in [-0.25, -0.2) is 4.79 Å². The summed E-state index contributed by atoms with van der Waals surface area (Å²) >= 11 is 0. The van der Waals surface area contributed by atoms with Crippen LogP contribution in [0.2, 0.25) is 0 Å². The number of hydrogen-bond acceptors (Lipinski definition) is 9. The molecule has 2 N–H and O–H groups in total. The number of rotatable bonds is 9. The first-order chi connectivity index (χ1) is 11.0. The molecule has 23 heavy (non-hydrogen) atoms. The topological polar surface area (TPSA) is 121 Å². The fraction of sp³-hybridized carbons (Fsp3) is 0.857. The van der Waals surface area contributed by atoms with Gasteiger partial charge >= 0.3 is 12.1 Å². The van der Waals surface area contributed by atoms with E-state index >= 15 is 0 Å². The first kappa shape index (κ1) is 19.6. The van der Waals surface area contributed by atoms with Crippen molar-refractivity contribution >= 4 is 12.1 Å². The maximum Gasteiger partial charge on any atom is 0.511 e. The van der Waals surface area contributed by atoms with Crippen molar-refractivity contribution < 1.29 is 43.5 Å². The lowest BCUT2D eigenvalue weighted by Gasteiger charge is -2.30. The van der Waals surface area contributed by atoms with E-state index in [4.69, 9.17) is 14.2 Å². The normalized spacial score (nSPS) is 24.0. The number of esters is 1. The molecule has 0 bridgehead atoms. The summed E-state index contributed by atoms with van der Waals surface area (Å²) in [6, 6.07) is 0. The molecule has 0 spiro atoms. The van der Waals surface area contributed by atoms with Crippen molar-refractivity contribution in [3.05, 3.63) is 0 Å². The molecule has 0 aromatic rings. The van der Waals surface area contributed by atoms with E-state index in [1.165, 1.54) is 0 Å². The maximum absolute atomic E-state index is 11.2. The summed E-state index contributed by atoms with van der Waals surface area (Å²) < 4.78 is 24.3. The molecule has 1 rings (SSSR count). The van der Waals surface area contributed by atoms with E-state index in [1.54, 1.807) is 0 Å². The van der Waals surface area contributed by atoms with Gasteiger partial charge in [0.2, 0.25) is 6.79 Å². The Bertz CT molecular complexity index is 360. The quantitative estimate of drug-likeness (QED) is 0.348. The number of hydrogen-bond donors (Lipinski definition) is 2. The molecule has 1 saturated heterocycles. The van der Waals surface area contributed by atoms with Crippen LogP contribution >= 0.6 is 0 Å². The van der Waals surface area contributed by atoms with Crippen LogP contribution in [0.5, 0.6) is 0 Å². The van der Waals surface area contributed by atoms with Gasteiger partial charge in [0.15, 0.2) is 6.29 Å². The van der Waals surface area contributed by atoms with Crippen molar-refractivity contribution in [2.45, 2.75) is 51.1 Å². The third-order valence-electron chi connectivity index (χ3n) is 2.92. The zero-order valence-corrected chi connectivity index (χ0v) is 13.1. The Hall–Kier alpha value is -1.42. The van der Waals surface area contributed by atoms with E-state index in [9.17, 15) is 19.8 Å². The molecular formula is C14H24O9. The van der Waals surface area contributed by atoms with E-state index in [1.807, 2.05) is 6.92 Å². The predicted molar refractivity (Wildman–Crippen MR) is 75.2 cm³/mol. The lowest BCUT2D eigenvalue weighted by molar-refractivity contribution is -0.236. The Morgan fingerprint density at radius 2 is 1.96 bits per heavy atom. The van der Waals surface area contributed by atoms with Crippen molar-refractivity contribution in [2.24, 2.45) is 0 Å². The number of aliphatic hydroxyl groups excluding tert-OH is 2. The predicted octanol–water partition coefficient (Wildman–Crippen LogP) is 0.315. The summed E-state index contributed by atoms with van der Waals surface area (Å²) in [6.45, 7) is 1.72. The number of carbonyl (C=O) groups is 2. The Morgan fingerprint density at radius 3 is 2.65 bits per heavy atom. The molecule has 0 saturated carbocycles. The highest BCUT2D eigenvalue weighted by Crippen LogP contribution is 2.15. The summed E-state index contributed by atoms with van der Waals surface area (Å²) in [5, 5.41) is 18.9. The van der Waals surface area contributed by atoms with E-state index in [-0.39, 0.29) is 32.7 Å². The lowest BCUT2D eigenvalue weighted by atomic mass is 10.1. The molecular weight excluding hydrogens is 312 g/mol. The molecule has 1 aliphatic rings. The van der Waals surface area contributed by atoms with Gasteiger partial charge in [0.05, 0.1) is 25.9 Å². The lowest BCUT2D eigenvalue weighted by Crippen LogP contribution is -2.42. The molecule has 0 radical (unpaired) electrons. The molecule has 0 aromatic carbocycles. The second-order valence-electron chi connectivity index (χ2n) is 5.01. The molecule has 0 amide bonds. The van der Waals surface area contributed by atoms with Crippen LogP contribution in [-0.4, -0.2) is 67.4 Å². The summed E-state index contributed by atoms with van der Waals surface area (Å²) in [5.74, 6) is -0.440. The molecule has 0 aliphatic carbocycles. The van der Waals surface area contributed by atoms with Gasteiger partial charge in [-0.15, -0.1) is 0 Å². The Labute approximate surface area is 134 Å². The van der Waals surface area contributed by atoms with Crippen molar-refractivity contribution in [3.63, 3.8) is 0 Å². The van der Waals surface area contributed by atoms with Crippen LogP contribution < -0.4 is 0 Å². The van der Waals surface area contributed by atoms with Gasteiger partial charge in [0.25, 0.3) is 0 Å². The number of aliphatic hydroxyl groups is 2. The highest BCUT2D eigenvalue weighted by atomic mass is 16.8. The van der Waals surface area contributed by atoms with E-state index < -0.39 is 37.4 Å². The Kier molecular flexibility index (Phi) is 9.53.